The number of piperidine rings is 1. The fraction of sp³-hybridized carbons (Fsp3) is 0.393. The smallest absolute Gasteiger partial charge is 0.258 e. The molecule has 8 heteroatoms. The average molecular weight is 485 g/mol. The van der Waals surface area contributed by atoms with Gasteiger partial charge in [0.25, 0.3) is 5.91 Å². The average Bonchev–Trinajstić information content (AvgIpc) is 3.52. The number of nitrogens with two attached hydrogens (primary N) is 1. The maximum absolute atomic E-state index is 13.9. The van der Waals surface area contributed by atoms with Gasteiger partial charge in [0.15, 0.2) is 5.65 Å². The Hall–Kier alpha value is -3.65. The second-order valence-corrected chi connectivity index (χ2v) is 10.0. The van der Waals surface area contributed by atoms with Gasteiger partial charge in [0.05, 0.1) is 24.4 Å². The number of hydrogen-bond acceptors (Lipinski definition) is 6. The first kappa shape index (κ1) is 22.8. The van der Waals surface area contributed by atoms with Gasteiger partial charge in [-0.05, 0) is 55.5 Å². The van der Waals surface area contributed by atoms with Crippen molar-refractivity contribution in [2.45, 2.75) is 44.7 Å². The maximum Gasteiger partial charge on any atom is 0.258 e. The molecule has 2 aromatic carbocycles. The summed E-state index contributed by atoms with van der Waals surface area (Å²) in [6.07, 6.45) is 5.92. The zero-order chi connectivity index (χ0) is 24.8. The van der Waals surface area contributed by atoms with Crippen molar-refractivity contribution >= 4 is 28.1 Å². The Morgan fingerprint density at radius 2 is 1.89 bits per heavy atom. The molecule has 2 saturated heterocycles. The van der Waals surface area contributed by atoms with Crippen LogP contribution in [0.5, 0.6) is 5.75 Å². The lowest BCUT2D eigenvalue weighted by atomic mass is 9.97. The summed E-state index contributed by atoms with van der Waals surface area (Å²) in [5.41, 5.74) is 9.48. The summed E-state index contributed by atoms with van der Waals surface area (Å²) in [7, 11) is 1.62. The zero-order valence-corrected chi connectivity index (χ0v) is 20.9. The third-order valence-electron chi connectivity index (χ3n) is 7.55. The SMILES string of the molecule is COc1cc2ccccc2cc1C(=O)N1CCCC[C@H]1c1cc2nc(N3CC[C@H](N)C3)c(C)cn2n1. The van der Waals surface area contributed by atoms with Gasteiger partial charge in [0.1, 0.15) is 11.6 Å². The molecule has 2 fully saturated rings. The summed E-state index contributed by atoms with van der Waals surface area (Å²) in [4.78, 5) is 23.1. The van der Waals surface area contributed by atoms with E-state index in [1.807, 2.05) is 58.1 Å². The molecule has 0 bridgehead atoms. The summed E-state index contributed by atoms with van der Waals surface area (Å²) < 4.78 is 7.49. The first-order chi connectivity index (χ1) is 17.5. The molecule has 0 saturated carbocycles. The molecular formula is C28H32N6O2. The van der Waals surface area contributed by atoms with Crippen molar-refractivity contribution in [3.8, 4) is 5.75 Å². The predicted octanol–water partition coefficient (Wildman–Crippen LogP) is 4.10. The Morgan fingerprint density at radius 1 is 1.08 bits per heavy atom. The van der Waals surface area contributed by atoms with Crippen LogP contribution in [0.2, 0.25) is 0 Å². The number of carbonyl (C=O) groups is 1. The van der Waals surface area contributed by atoms with Crippen LogP contribution in [0.25, 0.3) is 16.4 Å². The maximum atomic E-state index is 13.9. The number of benzene rings is 2. The lowest BCUT2D eigenvalue weighted by molar-refractivity contribution is 0.0602. The van der Waals surface area contributed by atoms with Gasteiger partial charge in [-0.25, -0.2) is 9.50 Å². The molecule has 2 aromatic heterocycles. The minimum absolute atomic E-state index is 0.0183. The van der Waals surface area contributed by atoms with Crippen LogP contribution in [0.1, 0.15) is 53.3 Å². The van der Waals surface area contributed by atoms with Crippen molar-refractivity contribution < 1.29 is 9.53 Å². The number of carbonyl (C=O) groups excluding carboxylic acids is 1. The van der Waals surface area contributed by atoms with Crippen LogP contribution in [-0.4, -0.2) is 58.2 Å². The van der Waals surface area contributed by atoms with Gasteiger partial charge >= 0.3 is 0 Å². The molecule has 0 radical (unpaired) electrons. The van der Waals surface area contributed by atoms with Crippen LogP contribution in [0.4, 0.5) is 5.82 Å². The van der Waals surface area contributed by atoms with Crippen molar-refractivity contribution in [3.63, 3.8) is 0 Å². The van der Waals surface area contributed by atoms with E-state index in [-0.39, 0.29) is 18.0 Å². The fourth-order valence-electron chi connectivity index (χ4n) is 5.67. The predicted molar refractivity (Wildman–Crippen MR) is 141 cm³/mol. The number of methoxy groups -OCH3 is 1. The lowest BCUT2D eigenvalue weighted by Gasteiger charge is -2.35. The number of aromatic nitrogens is 3. The summed E-state index contributed by atoms with van der Waals surface area (Å²) >= 11 is 0. The van der Waals surface area contributed by atoms with Crippen molar-refractivity contribution in [3.05, 3.63) is 65.5 Å². The van der Waals surface area contributed by atoms with E-state index in [9.17, 15) is 4.79 Å². The Labute approximate surface area is 210 Å². The number of aryl methyl sites for hydroxylation is 1. The highest BCUT2D eigenvalue weighted by molar-refractivity contribution is 6.01. The number of hydrogen-bond donors (Lipinski definition) is 1. The Balaban J connectivity index is 1.35. The summed E-state index contributed by atoms with van der Waals surface area (Å²) in [5, 5.41) is 6.96. The van der Waals surface area contributed by atoms with Gasteiger partial charge < -0.3 is 20.3 Å². The summed E-state index contributed by atoms with van der Waals surface area (Å²) in [6, 6.07) is 14.1. The van der Waals surface area contributed by atoms with E-state index in [4.69, 9.17) is 20.6 Å². The zero-order valence-electron chi connectivity index (χ0n) is 20.9. The van der Waals surface area contributed by atoms with Crippen LogP contribution in [0, 0.1) is 6.92 Å². The number of likely N-dealkylation sites (tertiary alicyclic amines) is 1. The molecule has 8 nitrogen and oxygen atoms in total. The van der Waals surface area contributed by atoms with Crippen molar-refractivity contribution in [1.29, 1.82) is 0 Å². The Kier molecular flexibility index (Phi) is 5.76. The monoisotopic (exact) mass is 484 g/mol. The topological polar surface area (TPSA) is 89.0 Å². The van der Waals surface area contributed by atoms with Crippen LogP contribution in [-0.2, 0) is 0 Å². The third kappa shape index (κ3) is 3.95. The van der Waals surface area contributed by atoms with E-state index in [2.05, 4.69) is 11.8 Å². The minimum atomic E-state index is -0.104. The molecule has 2 N–H and O–H groups in total. The molecule has 0 aliphatic carbocycles. The largest absolute Gasteiger partial charge is 0.496 e. The normalized spacial score (nSPS) is 20.4. The van der Waals surface area contributed by atoms with Crippen LogP contribution in [0.3, 0.4) is 0 Å². The molecule has 1 amide bonds. The van der Waals surface area contributed by atoms with Crippen LogP contribution >= 0.6 is 0 Å². The highest BCUT2D eigenvalue weighted by Gasteiger charge is 2.32. The van der Waals surface area contributed by atoms with E-state index < -0.39 is 0 Å². The highest BCUT2D eigenvalue weighted by atomic mass is 16.5. The van der Waals surface area contributed by atoms with Crippen LogP contribution in [0.15, 0.2) is 48.7 Å². The molecule has 0 spiro atoms. The quantitative estimate of drug-likeness (QED) is 0.469. The van der Waals surface area contributed by atoms with E-state index in [1.165, 1.54) is 0 Å². The van der Waals surface area contributed by atoms with Gasteiger partial charge in [-0.15, -0.1) is 0 Å². The summed E-state index contributed by atoms with van der Waals surface area (Å²) in [6.45, 7) is 4.50. The van der Waals surface area contributed by atoms with E-state index in [0.717, 1.165) is 72.3 Å². The minimum Gasteiger partial charge on any atom is -0.496 e. The number of nitrogens with zero attached hydrogens (tertiary/aromatic N) is 5. The molecule has 2 aliphatic rings. The van der Waals surface area contributed by atoms with E-state index in [1.54, 1.807) is 7.11 Å². The number of rotatable bonds is 4. The van der Waals surface area contributed by atoms with Gasteiger partial charge in [-0.3, -0.25) is 4.79 Å². The molecule has 2 aliphatic heterocycles. The number of fused-ring (bicyclic) bond motifs is 2. The van der Waals surface area contributed by atoms with E-state index in [0.29, 0.717) is 17.9 Å². The lowest BCUT2D eigenvalue weighted by Crippen LogP contribution is -2.38. The van der Waals surface area contributed by atoms with Gasteiger partial charge in [-0.2, -0.15) is 5.10 Å². The number of anilines is 1. The molecule has 6 rings (SSSR count). The van der Waals surface area contributed by atoms with Gasteiger partial charge in [0.2, 0.25) is 0 Å². The molecule has 186 valence electrons. The first-order valence-corrected chi connectivity index (χ1v) is 12.8. The molecular weight excluding hydrogens is 452 g/mol. The first-order valence-electron chi connectivity index (χ1n) is 12.8. The molecule has 4 aromatic rings. The van der Waals surface area contributed by atoms with Crippen molar-refractivity contribution in [2.75, 3.05) is 31.6 Å². The van der Waals surface area contributed by atoms with Crippen molar-refractivity contribution in [1.82, 2.24) is 19.5 Å². The van der Waals surface area contributed by atoms with Crippen LogP contribution < -0.4 is 15.4 Å². The second kappa shape index (κ2) is 9.09. The molecule has 4 heterocycles. The molecule has 0 unspecified atom stereocenters. The number of ether oxygens (including phenoxy) is 1. The standard InChI is InChI=1S/C28H32N6O2/c1-18-16-34-26(30-27(18)32-12-10-21(29)17-32)15-23(31-34)24-9-5-6-11-33(24)28(35)22-13-19-7-3-4-8-20(19)14-25(22)36-2/h3-4,7-8,13-16,21,24H,5-6,9-12,17,29H2,1-2H3/t21-,24-/m0/s1. The highest BCUT2D eigenvalue weighted by Crippen LogP contribution is 2.35. The van der Waals surface area contributed by atoms with Gasteiger partial charge in [-0.1, -0.05) is 24.3 Å². The Morgan fingerprint density at radius 3 is 2.64 bits per heavy atom. The third-order valence-corrected chi connectivity index (χ3v) is 7.55. The Bertz CT molecular complexity index is 1450. The van der Waals surface area contributed by atoms with E-state index >= 15 is 0 Å². The fourth-order valence-corrected chi connectivity index (χ4v) is 5.67. The molecule has 36 heavy (non-hydrogen) atoms. The van der Waals surface area contributed by atoms with Crippen molar-refractivity contribution in [2.24, 2.45) is 5.73 Å². The second-order valence-electron chi connectivity index (χ2n) is 10.0. The molecule has 2 atom stereocenters. The number of amides is 1. The summed E-state index contributed by atoms with van der Waals surface area (Å²) in [5.74, 6) is 1.55. The van der Waals surface area contributed by atoms with Gasteiger partial charge in [0, 0.05) is 43.5 Å².